The second kappa shape index (κ2) is 5.75. The molecular weight excluding hydrogens is 258 g/mol. The van der Waals surface area contributed by atoms with Gasteiger partial charge in [0.1, 0.15) is 0 Å². The first-order valence-corrected chi connectivity index (χ1v) is 7.64. The summed E-state index contributed by atoms with van der Waals surface area (Å²) in [5.41, 5.74) is 2.19. The van der Waals surface area contributed by atoms with Gasteiger partial charge in [-0.05, 0) is 43.8 Å². The van der Waals surface area contributed by atoms with E-state index in [4.69, 9.17) is 4.42 Å². The number of rotatable bonds is 5. The summed E-state index contributed by atoms with van der Waals surface area (Å²) in [6.07, 6.45) is 0. The Morgan fingerprint density at radius 1 is 1.37 bits per heavy atom. The molecule has 0 radical (unpaired) electrons. The van der Waals surface area contributed by atoms with Crippen molar-refractivity contribution in [3.63, 3.8) is 0 Å². The fourth-order valence-corrected chi connectivity index (χ4v) is 2.96. The fraction of sp³-hybridized carbons (Fsp3) is 0.429. The molecule has 1 saturated heterocycles. The molecule has 2 aromatic rings. The van der Waals surface area contributed by atoms with Gasteiger partial charge in [-0.3, -0.25) is 0 Å². The number of aryl methyl sites for hydroxylation is 1. The number of nitrogens with zero attached hydrogens (tertiary/aromatic N) is 2. The highest BCUT2D eigenvalue weighted by Gasteiger charge is 2.17. The molecule has 1 fully saturated rings. The van der Waals surface area contributed by atoms with Crippen LogP contribution in [-0.4, -0.2) is 29.0 Å². The second-order valence-electron chi connectivity index (χ2n) is 4.91. The quantitative estimate of drug-likeness (QED) is 0.908. The predicted molar refractivity (Wildman–Crippen MR) is 77.0 cm³/mol. The summed E-state index contributed by atoms with van der Waals surface area (Å²) < 4.78 is 5.70. The first-order valence-electron chi connectivity index (χ1n) is 6.49. The van der Waals surface area contributed by atoms with Gasteiger partial charge in [0.05, 0.1) is 5.75 Å². The summed E-state index contributed by atoms with van der Waals surface area (Å²) in [5, 5.41) is 11.5. The average molecular weight is 275 g/mol. The lowest BCUT2D eigenvalue weighted by Gasteiger charge is -2.26. The van der Waals surface area contributed by atoms with Crippen LogP contribution >= 0.6 is 11.8 Å². The Labute approximate surface area is 117 Å². The van der Waals surface area contributed by atoms with Gasteiger partial charge >= 0.3 is 0 Å². The lowest BCUT2D eigenvalue weighted by atomic mass is 10.1. The zero-order valence-corrected chi connectivity index (χ0v) is 11.7. The maximum absolute atomic E-state index is 5.70. The zero-order chi connectivity index (χ0) is 13.1. The molecular formula is C14H17N3OS. The topological polar surface area (TPSA) is 51.0 Å². The van der Waals surface area contributed by atoms with E-state index >= 15 is 0 Å². The largest absolute Gasteiger partial charge is 0.420 e. The molecule has 0 unspecified atom stereocenters. The van der Waals surface area contributed by atoms with Crippen molar-refractivity contribution in [2.24, 2.45) is 5.92 Å². The lowest BCUT2D eigenvalue weighted by Crippen LogP contribution is -2.43. The molecule has 5 heteroatoms. The van der Waals surface area contributed by atoms with Crippen LogP contribution < -0.4 is 5.32 Å². The highest BCUT2D eigenvalue weighted by molar-refractivity contribution is 7.98. The molecule has 0 atom stereocenters. The molecule has 3 rings (SSSR count). The van der Waals surface area contributed by atoms with Crippen LogP contribution in [0.5, 0.6) is 0 Å². The van der Waals surface area contributed by atoms with E-state index in [0.717, 1.165) is 36.1 Å². The van der Waals surface area contributed by atoms with Gasteiger partial charge in [-0.2, -0.15) is 11.8 Å². The van der Waals surface area contributed by atoms with Gasteiger partial charge in [0, 0.05) is 5.56 Å². The van der Waals surface area contributed by atoms with Crippen molar-refractivity contribution in [3.05, 3.63) is 35.7 Å². The average Bonchev–Trinajstić information content (AvgIpc) is 2.81. The van der Waals surface area contributed by atoms with Crippen molar-refractivity contribution in [3.8, 4) is 11.5 Å². The molecule has 100 valence electrons. The van der Waals surface area contributed by atoms with Gasteiger partial charge in [-0.1, -0.05) is 17.7 Å². The number of hydrogen-bond acceptors (Lipinski definition) is 5. The molecule has 1 aliphatic rings. The molecule has 0 bridgehead atoms. The van der Waals surface area contributed by atoms with Crippen LogP contribution in [0.4, 0.5) is 0 Å². The number of benzene rings is 1. The molecule has 19 heavy (non-hydrogen) atoms. The summed E-state index contributed by atoms with van der Waals surface area (Å²) in [6.45, 7) is 4.35. The number of thioether (sulfide) groups is 1. The third kappa shape index (κ3) is 3.16. The lowest BCUT2D eigenvalue weighted by molar-refractivity contribution is 0.385. The minimum absolute atomic E-state index is 0.615. The van der Waals surface area contributed by atoms with E-state index in [1.807, 2.05) is 23.9 Å². The summed E-state index contributed by atoms with van der Waals surface area (Å²) in [5.74, 6) is 4.10. The van der Waals surface area contributed by atoms with E-state index in [-0.39, 0.29) is 0 Å². The predicted octanol–water partition coefficient (Wildman–Crippen LogP) is 2.50. The molecule has 1 aromatic carbocycles. The van der Waals surface area contributed by atoms with Gasteiger partial charge in [-0.25, -0.2) is 0 Å². The SMILES string of the molecule is Cc1cccc(-c2nnc(CSCC3CNC3)o2)c1. The first-order chi connectivity index (χ1) is 9.31. The fourth-order valence-electron chi connectivity index (χ4n) is 1.99. The van der Waals surface area contributed by atoms with Crippen molar-refractivity contribution < 1.29 is 4.42 Å². The van der Waals surface area contributed by atoms with Gasteiger partial charge in [0.2, 0.25) is 11.8 Å². The van der Waals surface area contributed by atoms with E-state index in [0.29, 0.717) is 11.8 Å². The molecule has 1 aliphatic heterocycles. The van der Waals surface area contributed by atoms with Crippen molar-refractivity contribution in [1.29, 1.82) is 0 Å². The Hall–Kier alpha value is -1.33. The molecule has 0 amide bonds. The molecule has 1 aromatic heterocycles. The van der Waals surface area contributed by atoms with E-state index in [2.05, 4.69) is 34.6 Å². The molecule has 1 N–H and O–H groups in total. The van der Waals surface area contributed by atoms with Crippen LogP contribution in [0.1, 0.15) is 11.5 Å². The summed E-state index contributed by atoms with van der Waals surface area (Å²) >= 11 is 1.87. The van der Waals surface area contributed by atoms with Crippen molar-refractivity contribution in [2.75, 3.05) is 18.8 Å². The van der Waals surface area contributed by atoms with Gasteiger partial charge in [0.25, 0.3) is 0 Å². The molecule has 4 nitrogen and oxygen atoms in total. The third-order valence-corrected chi connectivity index (χ3v) is 4.34. The van der Waals surface area contributed by atoms with Crippen LogP contribution in [0.2, 0.25) is 0 Å². The minimum Gasteiger partial charge on any atom is -0.420 e. The van der Waals surface area contributed by atoms with Crippen LogP contribution in [0.25, 0.3) is 11.5 Å². The van der Waals surface area contributed by atoms with Gasteiger partial charge < -0.3 is 9.73 Å². The van der Waals surface area contributed by atoms with E-state index in [9.17, 15) is 0 Å². The van der Waals surface area contributed by atoms with E-state index in [1.165, 1.54) is 5.56 Å². The summed E-state index contributed by atoms with van der Waals surface area (Å²) in [4.78, 5) is 0. The Kier molecular flexibility index (Phi) is 3.84. The third-order valence-electron chi connectivity index (χ3n) is 3.18. The maximum Gasteiger partial charge on any atom is 0.247 e. The number of hydrogen-bond donors (Lipinski definition) is 1. The van der Waals surface area contributed by atoms with Crippen LogP contribution in [-0.2, 0) is 5.75 Å². The van der Waals surface area contributed by atoms with Crippen molar-refractivity contribution >= 4 is 11.8 Å². The highest BCUT2D eigenvalue weighted by atomic mass is 32.2. The molecule has 0 spiro atoms. The van der Waals surface area contributed by atoms with Crippen LogP contribution in [0, 0.1) is 12.8 Å². The molecule has 0 aliphatic carbocycles. The maximum atomic E-state index is 5.70. The Balaban J connectivity index is 1.59. The second-order valence-corrected chi connectivity index (χ2v) is 5.94. The Morgan fingerprint density at radius 3 is 3.00 bits per heavy atom. The van der Waals surface area contributed by atoms with Gasteiger partial charge in [0.15, 0.2) is 0 Å². The number of aromatic nitrogens is 2. The monoisotopic (exact) mass is 275 g/mol. The smallest absolute Gasteiger partial charge is 0.247 e. The summed E-state index contributed by atoms with van der Waals surface area (Å²) in [7, 11) is 0. The Bertz CT molecular complexity index is 551. The van der Waals surface area contributed by atoms with Crippen molar-refractivity contribution in [2.45, 2.75) is 12.7 Å². The van der Waals surface area contributed by atoms with E-state index in [1.54, 1.807) is 0 Å². The first kappa shape index (κ1) is 12.7. The summed E-state index contributed by atoms with van der Waals surface area (Å²) in [6, 6.07) is 8.12. The minimum atomic E-state index is 0.615. The van der Waals surface area contributed by atoms with Gasteiger partial charge in [-0.15, -0.1) is 10.2 Å². The molecule has 0 saturated carbocycles. The Morgan fingerprint density at radius 2 is 2.26 bits per heavy atom. The van der Waals surface area contributed by atoms with E-state index < -0.39 is 0 Å². The zero-order valence-electron chi connectivity index (χ0n) is 10.9. The van der Waals surface area contributed by atoms with Crippen molar-refractivity contribution in [1.82, 2.24) is 15.5 Å². The van der Waals surface area contributed by atoms with Crippen LogP contribution in [0.15, 0.2) is 28.7 Å². The number of nitrogens with one attached hydrogen (secondary N) is 1. The highest BCUT2D eigenvalue weighted by Crippen LogP contribution is 2.22. The molecule has 2 heterocycles. The standard InChI is InChI=1S/C14H17N3OS/c1-10-3-2-4-12(5-10)14-17-16-13(18-14)9-19-8-11-6-15-7-11/h2-5,11,15H,6-9H2,1H3. The van der Waals surface area contributed by atoms with Crippen LogP contribution in [0.3, 0.4) is 0 Å². The normalized spacial score (nSPS) is 15.4.